The van der Waals surface area contributed by atoms with Crippen LogP contribution in [-0.2, 0) is 9.59 Å². The minimum Gasteiger partial charge on any atom is -0.493 e. The Morgan fingerprint density at radius 2 is 1.94 bits per heavy atom. The second kappa shape index (κ2) is 10.8. The number of fused-ring (bicyclic) bond motifs is 1. The number of nitrogens with one attached hydrogen (secondary N) is 1. The molecule has 0 bridgehead atoms. The zero-order chi connectivity index (χ0) is 22.2. The predicted octanol–water partition coefficient (Wildman–Crippen LogP) is 4.95. The van der Waals surface area contributed by atoms with Gasteiger partial charge in [0.1, 0.15) is 11.5 Å². The molecule has 0 saturated heterocycles. The molecule has 31 heavy (non-hydrogen) atoms. The van der Waals surface area contributed by atoms with Crippen molar-refractivity contribution in [3.05, 3.63) is 48.0 Å². The second-order valence-corrected chi connectivity index (χ2v) is 7.84. The summed E-state index contributed by atoms with van der Waals surface area (Å²) >= 11 is 0. The second-order valence-electron chi connectivity index (χ2n) is 7.84. The van der Waals surface area contributed by atoms with Gasteiger partial charge in [-0.3, -0.25) is 9.59 Å². The smallest absolute Gasteiger partial charge is 0.265 e. The maximum atomic E-state index is 12.5. The van der Waals surface area contributed by atoms with Crippen LogP contribution >= 0.6 is 0 Å². The SMILES string of the molecule is CCC(CC)C(=O)Nc1ccc2c(c1)N(CCCCOc1ccccc1C)C(=O)CO2. The zero-order valence-corrected chi connectivity index (χ0v) is 18.6. The van der Waals surface area contributed by atoms with Crippen molar-refractivity contribution >= 4 is 23.2 Å². The van der Waals surface area contributed by atoms with E-state index in [1.165, 1.54) is 0 Å². The van der Waals surface area contributed by atoms with Gasteiger partial charge in [0.25, 0.3) is 5.91 Å². The molecule has 0 fully saturated rings. The van der Waals surface area contributed by atoms with Crippen molar-refractivity contribution in [3.8, 4) is 11.5 Å². The average Bonchev–Trinajstić information content (AvgIpc) is 2.77. The van der Waals surface area contributed by atoms with E-state index in [9.17, 15) is 9.59 Å². The quantitative estimate of drug-likeness (QED) is 0.548. The number of hydrogen-bond acceptors (Lipinski definition) is 4. The van der Waals surface area contributed by atoms with E-state index in [4.69, 9.17) is 9.47 Å². The molecule has 0 radical (unpaired) electrons. The molecule has 2 aromatic rings. The van der Waals surface area contributed by atoms with Gasteiger partial charge in [-0.15, -0.1) is 0 Å². The Hall–Kier alpha value is -3.02. The van der Waals surface area contributed by atoms with Crippen molar-refractivity contribution < 1.29 is 19.1 Å². The molecule has 2 aromatic carbocycles. The number of para-hydroxylation sites is 1. The van der Waals surface area contributed by atoms with Gasteiger partial charge in [-0.2, -0.15) is 0 Å². The van der Waals surface area contributed by atoms with Crippen LogP contribution in [0, 0.1) is 12.8 Å². The Balaban J connectivity index is 1.59. The van der Waals surface area contributed by atoms with Gasteiger partial charge < -0.3 is 19.7 Å². The fourth-order valence-corrected chi connectivity index (χ4v) is 3.70. The number of unbranched alkanes of at least 4 members (excludes halogenated alkanes) is 1. The lowest BCUT2D eigenvalue weighted by atomic mass is 10.0. The molecule has 0 spiro atoms. The summed E-state index contributed by atoms with van der Waals surface area (Å²) in [5, 5.41) is 2.98. The highest BCUT2D eigenvalue weighted by Crippen LogP contribution is 2.35. The number of anilines is 2. The van der Waals surface area contributed by atoms with Crippen molar-refractivity contribution in [1.29, 1.82) is 0 Å². The van der Waals surface area contributed by atoms with Gasteiger partial charge in [0, 0.05) is 18.2 Å². The van der Waals surface area contributed by atoms with Crippen molar-refractivity contribution in [1.82, 2.24) is 0 Å². The van der Waals surface area contributed by atoms with Crippen LogP contribution < -0.4 is 19.7 Å². The molecule has 1 aliphatic heterocycles. The summed E-state index contributed by atoms with van der Waals surface area (Å²) in [4.78, 5) is 26.7. The van der Waals surface area contributed by atoms with E-state index in [2.05, 4.69) is 5.32 Å². The number of amides is 2. The first-order chi connectivity index (χ1) is 15.0. The van der Waals surface area contributed by atoms with Gasteiger partial charge in [-0.1, -0.05) is 32.0 Å². The topological polar surface area (TPSA) is 67.9 Å². The van der Waals surface area contributed by atoms with Crippen molar-refractivity contribution in [2.45, 2.75) is 46.5 Å². The number of carbonyl (C=O) groups excluding carboxylic acids is 2. The zero-order valence-electron chi connectivity index (χ0n) is 18.6. The average molecular weight is 425 g/mol. The van der Waals surface area contributed by atoms with Crippen molar-refractivity contribution in [3.63, 3.8) is 0 Å². The molecule has 6 heteroatoms. The normalized spacial score (nSPS) is 13.0. The Morgan fingerprint density at radius 1 is 1.16 bits per heavy atom. The molecule has 0 aromatic heterocycles. The number of aryl methyl sites for hydroxylation is 1. The molecule has 166 valence electrons. The molecule has 0 atom stereocenters. The molecule has 1 heterocycles. The summed E-state index contributed by atoms with van der Waals surface area (Å²) in [5.41, 5.74) is 2.50. The van der Waals surface area contributed by atoms with Crippen LogP contribution in [-0.4, -0.2) is 31.6 Å². The van der Waals surface area contributed by atoms with Crippen LogP contribution in [0.2, 0.25) is 0 Å². The maximum absolute atomic E-state index is 12.5. The maximum Gasteiger partial charge on any atom is 0.265 e. The lowest BCUT2D eigenvalue weighted by molar-refractivity contribution is -0.121. The summed E-state index contributed by atoms with van der Waals surface area (Å²) < 4.78 is 11.4. The van der Waals surface area contributed by atoms with E-state index in [-0.39, 0.29) is 24.3 Å². The van der Waals surface area contributed by atoms with Gasteiger partial charge in [-0.25, -0.2) is 0 Å². The van der Waals surface area contributed by atoms with Crippen LogP contribution in [0.5, 0.6) is 11.5 Å². The van der Waals surface area contributed by atoms with Crippen LogP contribution in [0.4, 0.5) is 11.4 Å². The fraction of sp³-hybridized carbons (Fsp3) is 0.440. The molecule has 0 saturated carbocycles. The number of benzene rings is 2. The van der Waals surface area contributed by atoms with Gasteiger partial charge >= 0.3 is 0 Å². The molecule has 1 aliphatic rings. The first-order valence-electron chi connectivity index (χ1n) is 11.1. The molecule has 6 nitrogen and oxygen atoms in total. The monoisotopic (exact) mass is 424 g/mol. The largest absolute Gasteiger partial charge is 0.493 e. The first kappa shape index (κ1) is 22.7. The molecular weight excluding hydrogens is 392 g/mol. The Labute approximate surface area is 184 Å². The lowest BCUT2D eigenvalue weighted by Gasteiger charge is -2.30. The summed E-state index contributed by atoms with van der Waals surface area (Å²) in [7, 11) is 0. The number of hydrogen-bond donors (Lipinski definition) is 1. The summed E-state index contributed by atoms with van der Waals surface area (Å²) in [6.45, 7) is 7.26. The third-order valence-corrected chi connectivity index (χ3v) is 5.65. The van der Waals surface area contributed by atoms with Crippen LogP contribution in [0.3, 0.4) is 0 Å². The van der Waals surface area contributed by atoms with E-state index in [0.29, 0.717) is 30.3 Å². The van der Waals surface area contributed by atoms with E-state index < -0.39 is 0 Å². The van der Waals surface area contributed by atoms with Gasteiger partial charge in [0.2, 0.25) is 5.91 Å². The lowest BCUT2D eigenvalue weighted by Crippen LogP contribution is -2.39. The van der Waals surface area contributed by atoms with E-state index in [1.807, 2.05) is 63.2 Å². The highest BCUT2D eigenvalue weighted by atomic mass is 16.5. The third-order valence-electron chi connectivity index (χ3n) is 5.65. The highest BCUT2D eigenvalue weighted by Gasteiger charge is 2.26. The highest BCUT2D eigenvalue weighted by molar-refractivity contribution is 5.99. The first-order valence-corrected chi connectivity index (χ1v) is 11.1. The van der Waals surface area contributed by atoms with Gasteiger partial charge in [-0.05, 0) is 62.4 Å². The Morgan fingerprint density at radius 3 is 2.68 bits per heavy atom. The van der Waals surface area contributed by atoms with Gasteiger partial charge in [0.15, 0.2) is 6.61 Å². The summed E-state index contributed by atoms with van der Waals surface area (Å²) in [6.07, 6.45) is 3.23. The summed E-state index contributed by atoms with van der Waals surface area (Å²) in [6, 6.07) is 13.4. The van der Waals surface area contributed by atoms with Crippen molar-refractivity contribution in [2.24, 2.45) is 5.92 Å². The standard InChI is InChI=1S/C25H32N2O4/c1-4-19(5-2)25(29)26-20-12-13-23-21(16-20)27(24(28)17-31-23)14-8-9-15-30-22-11-7-6-10-18(22)3/h6-7,10-13,16,19H,4-5,8-9,14-15,17H2,1-3H3,(H,26,29). The number of nitrogens with zero attached hydrogens (tertiary/aromatic N) is 1. The molecule has 0 aliphatic carbocycles. The van der Waals surface area contributed by atoms with E-state index in [0.717, 1.165) is 37.0 Å². The minimum atomic E-state index is -0.0733. The summed E-state index contributed by atoms with van der Waals surface area (Å²) in [5.74, 6) is 1.48. The molecule has 2 amide bonds. The number of carbonyl (C=O) groups is 2. The van der Waals surface area contributed by atoms with Crippen molar-refractivity contribution in [2.75, 3.05) is 30.0 Å². The van der Waals surface area contributed by atoms with Crippen LogP contribution in [0.15, 0.2) is 42.5 Å². The van der Waals surface area contributed by atoms with Crippen LogP contribution in [0.1, 0.15) is 45.1 Å². The van der Waals surface area contributed by atoms with E-state index >= 15 is 0 Å². The molecule has 0 unspecified atom stereocenters. The number of ether oxygens (including phenoxy) is 2. The Kier molecular flexibility index (Phi) is 7.93. The molecular formula is C25H32N2O4. The molecule has 1 N–H and O–H groups in total. The third kappa shape index (κ3) is 5.78. The van der Waals surface area contributed by atoms with Gasteiger partial charge in [0.05, 0.1) is 12.3 Å². The minimum absolute atomic E-state index is 0.00732. The Bertz CT molecular complexity index is 908. The fourth-order valence-electron chi connectivity index (χ4n) is 3.70. The predicted molar refractivity (Wildman–Crippen MR) is 123 cm³/mol. The van der Waals surface area contributed by atoms with Crippen LogP contribution in [0.25, 0.3) is 0 Å². The number of rotatable bonds is 10. The molecule has 3 rings (SSSR count). The van der Waals surface area contributed by atoms with E-state index in [1.54, 1.807) is 4.90 Å².